The van der Waals surface area contributed by atoms with E-state index in [0.717, 1.165) is 25.7 Å². The number of ketones is 1. The summed E-state index contributed by atoms with van der Waals surface area (Å²) in [6.45, 7) is 0. The van der Waals surface area contributed by atoms with Crippen molar-refractivity contribution in [2.45, 2.75) is 37.8 Å². The Balaban J connectivity index is 1.87. The molecule has 1 atom stereocenters. The minimum Gasteiger partial charge on any atom is -0.507 e. The number of halogens is 2. The molecule has 2 fully saturated rings. The number of furan rings is 1. The van der Waals surface area contributed by atoms with Crippen LogP contribution in [0.5, 0.6) is 0 Å². The molecule has 1 aromatic heterocycles. The topological polar surface area (TPSA) is 70.8 Å². The zero-order valence-electron chi connectivity index (χ0n) is 14.3. The van der Waals surface area contributed by atoms with Gasteiger partial charge in [-0.1, -0.05) is 36.0 Å². The van der Waals surface area contributed by atoms with Crippen LogP contribution < -0.4 is 0 Å². The molecule has 1 aromatic carbocycles. The van der Waals surface area contributed by atoms with E-state index in [1.807, 2.05) is 0 Å². The molecule has 1 unspecified atom stereocenters. The van der Waals surface area contributed by atoms with Crippen LogP contribution in [0.15, 0.2) is 46.6 Å². The molecule has 140 valence electrons. The Morgan fingerprint density at radius 3 is 2.48 bits per heavy atom. The van der Waals surface area contributed by atoms with E-state index in [4.69, 9.17) is 27.6 Å². The van der Waals surface area contributed by atoms with Crippen LogP contribution in [0.3, 0.4) is 0 Å². The molecule has 0 radical (unpaired) electrons. The smallest absolute Gasteiger partial charge is 0.296 e. The van der Waals surface area contributed by atoms with Crippen molar-refractivity contribution in [1.82, 2.24) is 4.90 Å². The third-order valence-electron chi connectivity index (χ3n) is 5.20. The average Bonchev–Trinajstić information content (AvgIpc) is 3.39. The van der Waals surface area contributed by atoms with E-state index >= 15 is 0 Å². The Morgan fingerprint density at radius 1 is 1.11 bits per heavy atom. The number of rotatable bonds is 3. The molecule has 1 saturated heterocycles. The number of aliphatic hydroxyl groups excluding tert-OH is 1. The van der Waals surface area contributed by atoms with Crippen molar-refractivity contribution in [3.8, 4) is 0 Å². The van der Waals surface area contributed by atoms with E-state index < -0.39 is 17.7 Å². The number of likely N-dealkylation sites (tertiary alicyclic amines) is 1. The van der Waals surface area contributed by atoms with Crippen molar-refractivity contribution in [3.05, 3.63) is 63.5 Å². The Morgan fingerprint density at radius 2 is 1.85 bits per heavy atom. The molecule has 0 bridgehead atoms. The zero-order valence-corrected chi connectivity index (χ0v) is 15.8. The normalized spacial score (nSPS) is 22.7. The van der Waals surface area contributed by atoms with Crippen LogP contribution in [0.25, 0.3) is 5.76 Å². The quantitative estimate of drug-likeness (QED) is 0.445. The summed E-state index contributed by atoms with van der Waals surface area (Å²) in [5.41, 5.74) is 0.339. The molecule has 1 N–H and O–H groups in total. The molecular weight excluding hydrogens is 389 g/mol. The minimum atomic E-state index is -0.752. The monoisotopic (exact) mass is 405 g/mol. The lowest BCUT2D eigenvalue weighted by Crippen LogP contribution is -2.37. The number of hydrogen-bond donors (Lipinski definition) is 1. The fraction of sp³-hybridized carbons (Fsp3) is 0.300. The summed E-state index contributed by atoms with van der Waals surface area (Å²) < 4.78 is 5.52. The first-order valence-corrected chi connectivity index (χ1v) is 9.53. The van der Waals surface area contributed by atoms with Gasteiger partial charge in [0.25, 0.3) is 11.7 Å². The minimum absolute atomic E-state index is 0.0141. The van der Waals surface area contributed by atoms with Gasteiger partial charge in [0.05, 0.1) is 21.9 Å². The highest BCUT2D eigenvalue weighted by atomic mass is 35.5. The third-order valence-corrected chi connectivity index (χ3v) is 5.94. The van der Waals surface area contributed by atoms with Crippen LogP contribution in [0.2, 0.25) is 10.0 Å². The molecule has 1 aliphatic heterocycles. The van der Waals surface area contributed by atoms with Crippen molar-refractivity contribution < 1.29 is 19.1 Å². The molecule has 1 amide bonds. The molecule has 7 heteroatoms. The third kappa shape index (κ3) is 3.05. The maximum atomic E-state index is 12.8. The molecule has 4 rings (SSSR count). The predicted octanol–water partition coefficient (Wildman–Crippen LogP) is 4.95. The summed E-state index contributed by atoms with van der Waals surface area (Å²) in [6.07, 6.45) is 5.16. The highest BCUT2D eigenvalue weighted by Crippen LogP contribution is 2.43. The summed E-state index contributed by atoms with van der Waals surface area (Å²) in [4.78, 5) is 27.2. The molecule has 2 aliphatic rings. The van der Waals surface area contributed by atoms with Gasteiger partial charge in [0, 0.05) is 11.6 Å². The molecule has 1 aliphatic carbocycles. The van der Waals surface area contributed by atoms with Crippen LogP contribution >= 0.6 is 23.2 Å². The van der Waals surface area contributed by atoms with Gasteiger partial charge in [0.15, 0.2) is 0 Å². The van der Waals surface area contributed by atoms with Gasteiger partial charge < -0.3 is 14.4 Å². The lowest BCUT2D eigenvalue weighted by molar-refractivity contribution is -0.141. The van der Waals surface area contributed by atoms with Gasteiger partial charge in [0.1, 0.15) is 17.6 Å². The highest BCUT2D eigenvalue weighted by molar-refractivity contribution is 6.47. The fourth-order valence-electron chi connectivity index (χ4n) is 3.93. The SMILES string of the molecule is O=C1C(=O)N(C2CCCC2)C(c2ccco2)/C1=C(/O)c1ccc(Cl)c(Cl)c1. The first-order chi connectivity index (χ1) is 13.0. The Hall–Kier alpha value is -2.24. The summed E-state index contributed by atoms with van der Waals surface area (Å²) in [7, 11) is 0. The van der Waals surface area contributed by atoms with Crippen molar-refractivity contribution in [2.75, 3.05) is 0 Å². The Kier molecular flexibility index (Phi) is 4.74. The molecule has 2 aromatic rings. The van der Waals surface area contributed by atoms with Crippen LogP contribution in [0, 0.1) is 0 Å². The van der Waals surface area contributed by atoms with E-state index in [1.54, 1.807) is 23.1 Å². The second-order valence-electron chi connectivity index (χ2n) is 6.79. The van der Waals surface area contributed by atoms with Crippen molar-refractivity contribution in [3.63, 3.8) is 0 Å². The van der Waals surface area contributed by atoms with Gasteiger partial charge >= 0.3 is 0 Å². The molecule has 1 saturated carbocycles. The second-order valence-corrected chi connectivity index (χ2v) is 7.60. The average molecular weight is 406 g/mol. The lowest BCUT2D eigenvalue weighted by Gasteiger charge is -2.29. The first kappa shape index (κ1) is 18.1. The second kappa shape index (κ2) is 7.06. The van der Waals surface area contributed by atoms with Gasteiger partial charge in [-0.05, 0) is 43.2 Å². The number of Topliss-reactive ketones (excluding diaryl/α,β-unsaturated/α-hetero) is 1. The van der Waals surface area contributed by atoms with Crippen molar-refractivity contribution in [2.24, 2.45) is 0 Å². The maximum absolute atomic E-state index is 12.8. The van der Waals surface area contributed by atoms with Crippen LogP contribution in [0.1, 0.15) is 43.0 Å². The highest BCUT2D eigenvalue weighted by Gasteiger charge is 2.50. The summed E-state index contributed by atoms with van der Waals surface area (Å²) in [6, 6.07) is 7.18. The summed E-state index contributed by atoms with van der Waals surface area (Å²) in [5.74, 6) is -1.16. The fourth-order valence-corrected chi connectivity index (χ4v) is 4.23. The number of benzene rings is 1. The molecular formula is C20H17Cl2NO4. The Bertz CT molecular complexity index is 929. The molecule has 27 heavy (non-hydrogen) atoms. The van der Waals surface area contributed by atoms with E-state index in [0.29, 0.717) is 16.3 Å². The summed E-state index contributed by atoms with van der Waals surface area (Å²) >= 11 is 12.0. The van der Waals surface area contributed by atoms with Crippen LogP contribution in [-0.2, 0) is 9.59 Å². The predicted molar refractivity (Wildman–Crippen MR) is 102 cm³/mol. The van der Waals surface area contributed by atoms with Crippen molar-refractivity contribution in [1.29, 1.82) is 0 Å². The van der Waals surface area contributed by atoms with Gasteiger partial charge in [-0.2, -0.15) is 0 Å². The molecule has 2 heterocycles. The summed E-state index contributed by atoms with van der Waals surface area (Å²) in [5, 5.41) is 11.5. The Labute approximate surface area is 166 Å². The van der Waals surface area contributed by atoms with Gasteiger partial charge in [0.2, 0.25) is 0 Å². The first-order valence-electron chi connectivity index (χ1n) is 8.78. The van der Waals surface area contributed by atoms with Crippen molar-refractivity contribution >= 4 is 40.7 Å². The number of nitrogens with zero attached hydrogens (tertiary/aromatic N) is 1. The number of amides is 1. The number of aliphatic hydroxyl groups is 1. The largest absolute Gasteiger partial charge is 0.507 e. The number of hydrogen-bond acceptors (Lipinski definition) is 4. The van der Waals surface area contributed by atoms with Crippen LogP contribution in [0.4, 0.5) is 0 Å². The van der Waals surface area contributed by atoms with Gasteiger partial charge in [-0.15, -0.1) is 0 Å². The molecule has 5 nitrogen and oxygen atoms in total. The van der Waals surface area contributed by atoms with Crippen LogP contribution in [-0.4, -0.2) is 27.7 Å². The number of carbonyl (C=O) groups excluding carboxylic acids is 2. The zero-order chi connectivity index (χ0) is 19.1. The van der Waals surface area contributed by atoms with Gasteiger partial charge in [-0.3, -0.25) is 9.59 Å². The maximum Gasteiger partial charge on any atom is 0.296 e. The van der Waals surface area contributed by atoms with Gasteiger partial charge in [-0.25, -0.2) is 0 Å². The number of carbonyl (C=O) groups is 2. The lowest BCUT2D eigenvalue weighted by atomic mass is 9.98. The van der Waals surface area contributed by atoms with E-state index in [-0.39, 0.29) is 22.4 Å². The van der Waals surface area contributed by atoms with E-state index in [9.17, 15) is 14.7 Å². The standard InChI is InChI=1S/C20H17Cl2NO4/c21-13-8-7-11(10-14(13)22)18(24)16-17(15-6-3-9-27-15)23(20(26)19(16)25)12-4-1-2-5-12/h3,6-10,12,17,24H,1-2,4-5H2/b18-16-. The van der Waals surface area contributed by atoms with E-state index in [1.165, 1.54) is 18.4 Å². The molecule has 0 spiro atoms. The van der Waals surface area contributed by atoms with E-state index in [2.05, 4.69) is 0 Å².